The van der Waals surface area contributed by atoms with E-state index in [2.05, 4.69) is 22.1 Å². The Labute approximate surface area is 132 Å². The molecule has 0 saturated carbocycles. The van der Waals surface area contributed by atoms with Gasteiger partial charge in [0.15, 0.2) is 5.82 Å². The van der Waals surface area contributed by atoms with Crippen molar-refractivity contribution in [2.75, 3.05) is 12.3 Å². The van der Waals surface area contributed by atoms with E-state index in [-0.39, 0.29) is 11.9 Å². The first-order chi connectivity index (χ1) is 10.2. The number of thioether (sulfide) groups is 1. The number of hydrogen-bond acceptors (Lipinski definition) is 5. The predicted octanol–water partition coefficient (Wildman–Crippen LogP) is 3.26. The number of hydrogen-bond donors (Lipinski definition) is 1. The first-order valence-corrected chi connectivity index (χ1v) is 8.91. The Kier molecular flexibility index (Phi) is 4.30. The summed E-state index contributed by atoms with van der Waals surface area (Å²) in [7, 11) is 0. The number of H-pyrrole nitrogens is 1. The minimum Gasteiger partial charge on any atom is -0.328 e. The van der Waals surface area contributed by atoms with Gasteiger partial charge < -0.3 is 4.90 Å². The van der Waals surface area contributed by atoms with Gasteiger partial charge in [0.1, 0.15) is 5.82 Å². The van der Waals surface area contributed by atoms with Gasteiger partial charge in [-0.2, -0.15) is 5.10 Å². The molecule has 1 amide bonds. The predicted molar refractivity (Wildman–Crippen MR) is 84.8 cm³/mol. The van der Waals surface area contributed by atoms with Crippen LogP contribution in [0.2, 0.25) is 0 Å². The first kappa shape index (κ1) is 14.6. The topological polar surface area (TPSA) is 61.9 Å². The lowest BCUT2D eigenvalue weighted by atomic mass is 10.2. The molecule has 1 aliphatic rings. The van der Waals surface area contributed by atoms with Crippen LogP contribution in [0.15, 0.2) is 16.3 Å². The number of carbonyl (C=O) groups is 1. The minimum absolute atomic E-state index is 0.00632. The lowest BCUT2D eigenvalue weighted by Crippen LogP contribution is -2.30. The summed E-state index contributed by atoms with van der Waals surface area (Å²) in [4.78, 5) is 19.8. The highest BCUT2D eigenvalue weighted by Crippen LogP contribution is 2.34. The van der Waals surface area contributed by atoms with Crippen molar-refractivity contribution in [2.24, 2.45) is 0 Å². The number of aromatic nitrogens is 3. The molecule has 2 aromatic heterocycles. The fourth-order valence-electron chi connectivity index (χ4n) is 2.58. The van der Waals surface area contributed by atoms with Crippen molar-refractivity contribution in [1.29, 1.82) is 0 Å². The molecule has 3 rings (SSSR count). The van der Waals surface area contributed by atoms with Crippen molar-refractivity contribution in [1.82, 2.24) is 20.1 Å². The third kappa shape index (κ3) is 2.98. The van der Waals surface area contributed by atoms with Crippen molar-refractivity contribution in [3.8, 4) is 0 Å². The molecular weight excluding hydrogens is 304 g/mol. The van der Waals surface area contributed by atoms with Crippen LogP contribution in [0.5, 0.6) is 0 Å². The van der Waals surface area contributed by atoms with E-state index in [1.54, 1.807) is 23.1 Å². The molecule has 0 radical (unpaired) electrons. The largest absolute Gasteiger partial charge is 0.328 e. The molecule has 1 N–H and O–H groups in total. The highest BCUT2D eigenvalue weighted by molar-refractivity contribution is 8.01. The van der Waals surface area contributed by atoms with Crippen LogP contribution >= 0.6 is 23.1 Å². The van der Waals surface area contributed by atoms with E-state index in [1.807, 2.05) is 24.0 Å². The number of aromatic amines is 1. The number of amides is 1. The fourth-order valence-corrected chi connectivity index (χ4v) is 4.58. The molecule has 0 bridgehead atoms. The highest BCUT2D eigenvalue weighted by atomic mass is 32.2. The third-order valence-corrected chi connectivity index (χ3v) is 5.69. The molecule has 1 saturated heterocycles. The summed E-state index contributed by atoms with van der Waals surface area (Å²) < 4.78 is 1.20. The number of nitrogens with zero attached hydrogens (tertiary/aromatic N) is 3. The van der Waals surface area contributed by atoms with Crippen LogP contribution < -0.4 is 0 Å². The van der Waals surface area contributed by atoms with E-state index in [1.165, 1.54) is 4.21 Å². The molecule has 1 fully saturated rings. The Balaban J connectivity index is 1.79. The number of thiophene rings is 1. The van der Waals surface area contributed by atoms with Crippen molar-refractivity contribution >= 4 is 29.0 Å². The molecule has 7 heteroatoms. The van der Waals surface area contributed by atoms with Gasteiger partial charge in [-0.05, 0) is 37.7 Å². The molecule has 1 aliphatic heterocycles. The van der Waals surface area contributed by atoms with Crippen LogP contribution in [0.1, 0.15) is 47.1 Å². The van der Waals surface area contributed by atoms with Crippen LogP contribution in [-0.4, -0.2) is 38.3 Å². The standard InChI is InChI=1S/C14H18N4OS2/c1-3-20-12-7-6-11(21-12)14(19)18-8-4-5-10(18)13-15-9(2)16-17-13/h6-7,10H,3-5,8H2,1-2H3,(H,15,16,17). The van der Waals surface area contributed by atoms with E-state index in [4.69, 9.17) is 0 Å². The summed E-state index contributed by atoms with van der Waals surface area (Å²) in [5.74, 6) is 2.66. The van der Waals surface area contributed by atoms with Crippen molar-refractivity contribution < 1.29 is 4.79 Å². The summed E-state index contributed by atoms with van der Waals surface area (Å²) in [6.45, 7) is 4.78. The first-order valence-electron chi connectivity index (χ1n) is 7.11. The van der Waals surface area contributed by atoms with E-state index in [0.29, 0.717) is 0 Å². The normalized spacial score (nSPS) is 18.4. The Morgan fingerprint density at radius 2 is 2.43 bits per heavy atom. The van der Waals surface area contributed by atoms with Gasteiger partial charge in [-0.15, -0.1) is 23.1 Å². The molecule has 21 heavy (non-hydrogen) atoms. The highest BCUT2D eigenvalue weighted by Gasteiger charge is 2.33. The second-order valence-electron chi connectivity index (χ2n) is 4.99. The smallest absolute Gasteiger partial charge is 0.264 e. The van der Waals surface area contributed by atoms with Crippen molar-refractivity contribution in [3.63, 3.8) is 0 Å². The summed E-state index contributed by atoms with van der Waals surface area (Å²) in [5.41, 5.74) is 0. The molecule has 0 aromatic carbocycles. The van der Waals surface area contributed by atoms with Gasteiger partial charge in [0, 0.05) is 6.54 Å². The minimum atomic E-state index is 0.00632. The molecular formula is C14H18N4OS2. The van der Waals surface area contributed by atoms with Crippen molar-refractivity contribution in [3.05, 3.63) is 28.7 Å². The Bertz CT molecular complexity index is 636. The summed E-state index contributed by atoms with van der Waals surface area (Å²) in [6, 6.07) is 3.98. The van der Waals surface area contributed by atoms with Crippen LogP contribution in [0.3, 0.4) is 0 Å². The molecule has 5 nitrogen and oxygen atoms in total. The quantitative estimate of drug-likeness (QED) is 0.878. The maximum atomic E-state index is 12.7. The van der Waals surface area contributed by atoms with Crippen LogP contribution in [-0.2, 0) is 0 Å². The molecule has 3 heterocycles. The SMILES string of the molecule is CCSc1ccc(C(=O)N2CCCC2c2n[nH]c(C)n2)s1. The molecule has 1 unspecified atom stereocenters. The van der Waals surface area contributed by atoms with Crippen LogP contribution in [0.4, 0.5) is 0 Å². The maximum Gasteiger partial charge on any atom is 0.264 e. The molecule has 0 aliphatic carbocycles. The van der Waals surface area contributed by atoms with Gasteiger partial charge in [-0.25, -0.2) is 4.98 Å². The van der Waals surface area contributed by atoms with Crippen LogP contribution in [0, 0.1) is 6.92 Å². The zero-order chi connectivity index (χ0) is 14.8. The monoisotopic (exact) mass is 322 g/mol. The lowest BCUT2D eigenvalue weighted by molar-refractivity contribution is 0.0735. The molecule has 2 aromatic rings. The van der Waals surface area contributed by atoms with Gasteiger partial charge in [0.2, 0.25) is 0 Å². The van der Waals surface area contributed by atoms with Gasteiger partial charge >= 0.3 is 0 Å². The number of likely N-dealkylation sites (tertiary alicyclic amines) is 1. The average molecular weight is 322 g/mol. The summed E-state index contributed by atoms with van der Waals surface area (Å²) in [5, 5.41) is 7.09. The number of rotatable bonds is 4. The molecule has 112 valence electrons. The van der Waals surface area contributed by atoms with E-state index in [0.717, 1.165) is 41.7 Å². The molecule has 1 atom stereocenters. The lowest BCUT2D eigenvalue weighted by Gasteiger charge is -2.21. The zero-order valence-electron chi connectivity index (χ0n) is 12.1. The van der Waals surface area contributed by atoms with Gasteiger partial charge in [-0.1, -0.05) is 6.92 Å². The third-order valence-electron chi connectivity index (χ3n) is 3.50. The summed E-state index contributed by atoms with van der Waals surface area (Å²) in [6.07, 6.45) is 1.94. The second-order valence-corrected chi connectivity index (χ2v) is 7.64. The summed E-state index contributed by atoms with van der Waals surface area (Å²) >= 11 is 3.35. The maximum absolute atomic E-state index is 12.7. The van der Waals surface area contributed by atoms with E-state index < -0.39 is 0 Å². The number of carbonyl (C=O) groups excluding carboxylic acids is 1. The van der Waals surface area contributed by atoms with Gasteiger partial charge in [-0.3, -0.25) is 9.89 Å². The fraction of sp³-hybridized carbons (Fsp3) is 0.500. The van der Waals surface area contributed by atoms with Crippen LogP contribution in [0.25, 0.3) is 0 Å². The van der Waals surface area contributed by atoms with Crippen molar-refractivity contribution in [2.45, 2.75) is 36.9 Å². The van der Waals surface area contributed by atoms with Gasteiger partial charge in [0.25, 0.3) is 5.91 Å². The second kappa shape index (κ2) is 6.19. The Hall–Kier alpha value is -1.34. The molecule has 0 spiro atoms. The van der Waals surface area contributed by atoms with E-state index >= 15 is 0 Å². The van der Waals surface area contributed by atoms with E-state index in [9.17, 15) is 4.79 Å². The Morgan fingerprint density at radius 1 is 1.57 bits per heavy atom. The Morgan fingerprint density at radius 3 is 3.14 bits per heavy atom. The zero-order valence-corrected chi connectivity index (χ0v) is 13.8. The number of nitrogens with one attached hydrogen (secondary N) is 1. The van der Waals surface area contributed by atoms with Gasteiger partial charge in [0.05, 0.1) is 15.1 Å². The average Bonchev–Trinajstić information content (AvgIpc) is 3.17. The number of aryl methyl sites for hydroxylation is 1.